The lowest BCUT2D eigenvalue weighted by Crippen LogP contribution is -2.07. The van der Waals surface area contributed by atoms with Crippen molar-refractivity contribution in [3.63, 3.8) is 0 Å². The molecule has 3 aromatic carbocycles. The van der Waals surface area contributed by atoms with E-state index in [-0.39, 0.29) is 5.91 Å². The number of nitrogens with zero attached hydrogens (tertiary/aromatic N) is 1. The molecular formula is C28H26N2O2S. The fraction of sp³-hybridized carbons (Fsp3) is 0.143. The molecule has 0 bridgehead atoms. The Morgan fingerprint density at radius 3 is 2.36 bits per heavy atom. The Balaban J connectivity index is 1.33. The van der Waals surface area contributed by atoms with Gasteiger partial charge >= 0.3 is 0 Å². The van der Waals surface area contributed by atoms with Gasteiger partial charge in [-0.05, 0) is 41.3 Å². The molecule has 4 rings (SSSR count). The molecule has 1 aromatic heterocycles. The van der Waals surface area contributed by atoms with Gasteiger partial charge in [0.05, 0.1) is 12.3 Å². The summed E-state index contributed by atoms with van der Waals surface area (Å²) in [4.78, 5) is 16.9. The molecule has 0 spiro atoms. The number of anilines is 1. The molecule has 0 atom stereocenters. The van der Waals surface area contributed by atoms with Crippen molar-refractivity contribution in [2.45, 2.75) is 19.8 Å². The number of rotatable bonds is 9. The maximum absolute atomic E-state index is 12.3. The molecule has 0 saturated carbocycles. The Morgan fingerprint density at radius 2 is 1.64 bits per heavy atom. The molecule has 0 fully saturated rings. The summed E-state index contributed by atoms with van der Waals surface area (Å²) in [5, 5.41) is 5.37. The van der Waals surface area contributed by atoms with Crippen molar-refractivity contribution in [2.24, 2.45) is 0 Å². The number of carbonyl (C=O) groups is 1. The minimum atomic E-state index is -0.210. The number of benzene rings is 3. The normalized spacial score (nSPS) is 10.9. The monoisotopic (exact) mass is 454 g/mol. The Morgan fingerprint density at radius 1 is 0.939 bits per heavy atom. The first-order valence-electron chi connectivity index (χ1n) is 11.0. The predicted molar refractivity (Wildman–Crippen MR) is 137 cm³/mol. The van der Waals surface area contributed by atoms with Crippen LogP contribution in [0, 0.1) is 0 Å². The van der Waals surface area contributed by atoms with E-state index in [9.17, 15) is 4.79 Å². The van der Waals surface area contributed by atoms with Crippen molar-refractivity contribution >= 4 is 28.5 Å². The average molecular weight is 455 g/mol. The highest BCUT2D eigenvalue weighted by Crippen LogP contribution is 2.27. The number of nitrogens with one attached hydrogen (secondary N) is 1. The quantitative estimate of drug-likeness (QED) is 0.213. The molecule has 1 N–H and O–H groups in total. The van der Waals surface area contributed by atoms with Gasteiger partial charge < -0.3 is 4.74 Å². The first-order chi connectivity index (χ1) is 16.2. The first-order valence-corrected chi connectivity index (χ1v) is 11.9. The molecular weight excluding hydrogens is 428 g/mol. The summed E-state index contributed by atoms with van der Waals surface area (Å²) in [6, 6.07) is 26.3. The summed E-state index contributed by atoms with van der Waals surface area (Å²) >= 11 is 1.41. The molecule has 0 unspecified atom stereocenters. The highest BCUT2D eigenvalue weighted by Gasteiger charge is 2.07. The molecule has 0 aliphatic heterocycles. The van der Waals surface area contributed by atoms with Gasteiger partial charge in [-0.15, -0.1) is 11.3 Å². The zero-order valence-corrected chi connectivity index (χ0v) is 19.3. The van der Waals surface area contributed by atoms with Gasteiger partial charge in [-0.1, -0.05) is 80.1 Å². The largest absolute Gasteiger partial charge is 0.494 e. The molecule has 5 heteroatoms. The zero-order chi connectivity index (χ0) is 22.9. The van der Waals surface area contributed by atoms with Crippen LogP contribution >= 0.6 is 11.3 Å². The lowest BCUT2D eigenvalue weighted by molar-refractivity contribution is -0.111. The first kappa shape index (κ1) is 22.5. The molecule has 0 saturated heterocycles. The van der Waals surface area contributed by atoms with Gasteiger partial charge in [-0.3, -0.25) is 10.1 Å². The Labute approximate surface area is 198 Å². The van der Waals surface area contributed by atoms with Crippen LogP contribution in [-0.2, 0) is 4.79 Å². The van der Waals surface area contributed by atoms with Crippen LogP contribution in [0.1, 0.15) is 25.3 Å². The average Bonchev–Trinajstić information content (AvgIpc) is 3.33. The number of hydrogen-bond acceptors (Lipinski definition) is 4. The number of carbonyl (C=O) groups excluding carboxylic acids is 1. The van der Waals surface area contributed by atoms with E-state index >= 15 is 0 Å². The van der Waals surface area contributed by atoms with E-state index in [1.54, 1.807) is 6.08 Å². The second kappa shape index (κ2) is 11.2. The van der Waals surface area contributed by atoms with Crippen LogP contribution in [0.4, 0.5) is 5.13 Å². The summed E-state index contributed by atoms with van der Waals surface area (Å²) in [7, 11) is 0. The van der Waals surface area contributed by atoms with Crippen LogP contribution in [0.2, 0.25) is 0 Å². The van der Waals surface area contributed by atoms with E-state index in [0.717, 1.165) is 47.6 Å². The lowest BCUT2D eigenvalue weighted by Gasteiger charge is -2.05. The number of thiazole rings is 1. The summed E-state index contributed by atoms with van der Waals surface area (Å²) in [5.41, 5.74) is 5.14. The van der Waals surface area contributed by atoms with Crippen LogP contribution in [0.25, 0.3) is 28.5 Å². The second-order valence-corrected chi connectivity index (χ2v) is 8.43. The molecule has 4 aromatic rings. The van der Waals surface area contributed by atoms with Crippen LogP contribution < -0.4 is 10.1 Å². The minimum absolute atomic E-state index is 0.210. The van der Waals surface area contributed by atoms with E-state index in [0.29, 0.717) is 5.13 Å². The number of ether oxygens (including phenoxy) is 1. The number of aromatic nitrogens is 1. The topological polar surface area (TPSA) is 51.2 Å². The molecule has 1 amide bonds. The molecule has 33 heavy (non-hydrogen) atoms. The highest BCUT2D eigenvalue weighted by molar-refractivity contribution is 7.14. The van der Waals surface area contributed by atoms with Gasteiger partial charge in [0, 0.05) is 17.0 Å². The fourth-order valence-electron chi connectivity index (χ4n) is 3.26. The Kier molecular flexibility index (Phi) is 7.67. The third-order valence-electron chi connectivity index (χ3n) is 5.10. The van der Waals surface area contributed by atoms with Crippen molar-refractivity contribution in [3.8, 4) is 28.1 Å². The number of unbranched alkanes of at least 4 members (excludes halogenated alkanes) is 1. The number of hydrogen-bond donors (Lipinski definition) is 1. The maximum atomic E-state index is 12.3. The van der Waals surface area contributed by atoms with Crippen molar-refractivity contribution in [2.75, 3.05) is 11.9 Å². The van der Waals surface area contributed by atoms with Gasteiger partial charge in [0.1, 0.15) is 5.75 Å². The van der Waals surface area contributed by atoms with E-state index in [2.05, 4.69) is 53.6 Å². The van der Waals surface area contributed by atoms with Gasteiger partial charge in [0.15, 0.2) is 5.13 Å². The molecule has 4 nitrogen and oxygen atoms in total. The van der Waals surface area contributed by atoms with E-state index in [1.165, 1.54) is 23.0 Å². The maximum Gasteiger partial charge on any atom is 0.250 e. The van der Waals surface area contributed by atoms with Gasteiger partial charge in [0.2, 0.25) is 5.91 Å². The van der Waals surface area contributed by atoms with Crippen molar-refractivity contribution in [1.29, 1.82) is 0 Å². The van der Waals surface area contributed by atoms with Crippen LogP contribution in [0.15, 0.2) is 90.3 Å². The lowest BCUT2D eigenvalue weighted by atomic mass is 10.0. The van der Waals surface area contributed by atoms with Crippen molar-refractivity contribution < 1.29 is 9.53 Å². The van der Waals surface area contributed by atoms with E-state index < -0.39 is 0 Å². The summed E-state index contributed by atoms with van der Waals surface area (Å²) < 4.78 is 5.66. The van der Waals surface area contributed by atoms with Gasteiger partial charge in [0.25, 0.3) is 0 Å². The van der Waals surface area contributed by atoms with E-state index in [4.69, 9.17) is 4.74 Å². The van der Waals surface area contributed by atoms with Gasteiger partial charge in [-0.2, -0.15) is 0 Å². The molecule has 166 valence electrons. The highest BCUT2D eigenvalue weighted by atomic mass is 32.1. The predicted octanol–water partition coefficient (Wildman–Crippen LogP) is 7.31. The van der Waals surface area contributed by atoms with Crippen LogP contribution in [-0.4, -0.2) is 17.5 Å². The number of amides is 1. The standard InChI is InChI=1S/C28H26N2O2S/c1-2-3-19-32-25-16-9-21(10-17-25)11-18-27(31)30-28-29-26(20-33-28)24-14-12-23(13-15-24)22-7-5-4-6-8-22/h4-18,20H,2-3,19H2,1H3,(H,29,30,31). The third-order valence-corrected chi connectivity index (χ3v) is 5.85. The Bertz CT molecular complexity index is 1200. The zero-order valence-electron chi connectivity index (χ0n) is 18.5. The third kappa shape index (κ3) is 6.40. The molecule has 0 aliphatic carbocycles. The van der Waals surface area contributed by atoms with Crippen molar-refractivity contribution in [1.82, 2.24) is 4.98 Å². The summed E-state index contributed by atoms with van der Waals surface area (Å²) in [5.74, 6) is 0.635. The van der Waals surface area contributed by atoms with Gasteiger partial charge in [-0.25, -0.2) is 4.98 Å². The van der Waals surface area contributed by atoms with Crippen LogP contribution in [0.3, 0.4) is 0 Å². The summed E-state index contributed by atoms with van der Waals surface area (Å²) in [6.45, 7) is 2.86. The fourth-order valence-corrected chi connectivity index (χ4v) is 3.98. The molecule has 0 aliphatic rings. The smallest absolute Gasteiger partial charge is 0.250 e. The van der Waals surface area contributed by atoms with Crippen LogP contribution in [0.5, 0.6) is 5.75 Å². The van der Waals surface area contributed by atoms with Crippen molar-refractivity contribution in [3.05, 3.63) is 95.9 Å². The summed E-state index contributed by atoms with van der Waals surface area (Å²) in [6.07, 6.45) is 5.45. The molecule has 0 radical (unpaired) electrons. The minimum Gasteiger partial charge on any atom is -0.494 e. The Hall–Kier alpha value is -3.70. The second-order valence-electron chi connectivity index (χ2n) is 7.57. The van der Waals surface area contributed by atoms with E-state index in [1.807, 2.05) is 47.8 Å². The molecule has 1 heterocycles. The SMILES string of the molecule is CCCCOc1ccc(C=CC(=O)Nc2nc(-c3ccc(-c4ccccc4)cc3)cs2)cc1.